The van der Waals surface area contributed by atoms with Gasteiger partial charge in [0.2, 0.25) is 0 Å². The summed E-state index contributed by atoms with van der Waals surface area (Å²) in [5.74, 6) is -1.75. The average molecular weight is 526 g/mol. The highest BCUT2D eigenvalue weighted by molar-refractivity contribution is 5.68. The van der Waals surface area contributed by atoms with Crippen LogP contribution in [0.4, 0.5) is 0 Å². The molecule has 1 aromatic rings. The maximum Gasteiger partial charge on any atom is 0.303 e. The molecule has 1 aliphatic rings. The van der Waals surface area contributed by atoms with Gasteiger partial charge < -0.3 is 23.7 Å². The van der Waals surface area contributed by atoms with E-state index in [0.29, 0.717) is 6.61 Å². The molecule has 1 aromatic heterocycles. The van der Waals surface area contributed by atoms with E-state index in [4.69, 9.17) is 23.7 Å². The SMILES string of the molecule is CCCCCCc1cn(CCCCCCO[C@@H]2O[C@@H](C)[C@H](OC(C)=O)[C@@H](OC(C)=O)[C@H]2OC(C)=O)nn1. The maximum absolute atomic E-state index is 11.8. The van der Waals surface area contributed by atoms with Crippen molar-refractivity contribution in [3.05, 3.63) is 11.9 Å². The Morgan fingerprint density at radius 2 is 1.49 bits per heavy atom. The zero-order chi connectivity index (χ0) is 27.2. The lowest BCUT2D eigenvalue weighted by atomic mass is 9.99. The van der Waals surface area contributed by atoms with Crippen molar-refractivity contribution < 1.29 is 38.1 Å². The third kappa shape index (κ3) is 11.2. The van der Waals surface area contributed by atoms with E-state index < -0.39 is 48.6 Å². The van der Waals surface area contributed by atoms with Gasteiger partial charge in [0.25, 0.3) is 0 Å². The minimum atomic E-state index is -1.06. The number of ether oxygens (including phenoxy) is 5. The van der Waals surface area contributed by atoms with Crippen LogP contribution in [-0.4, -0.2) is 70.2 Å². The second-order valence-corrected chi connectivity index (χ2v) is 9.50. The van der Waals surface area contributed by atoms with Crippen LogP contribution < -0.4 is 0 Å². The number of aromatic nitrogens is 3. The second kappa shape index (κ2) is 16.3. The molecule has 5 atom stereocenters. The molecule has 0 amide bonds. The van der Waals surface area contributed by atoms with Gasteiger partial charge in [0.1, 0.15) is 0 Å². The topological polar surface area (TPSA) is 128 Å². The summed E-state index contributed by atoms with van der Waals surface area (Å²) in [6.45, 7) is 8.80. The Kier molecular flexibility index (Phi) is 13.6. The Balaban J connectivity index is 1.78. The number of aryl methyl sites for hydroxylation is 2. The van der Waals surface area contributed by atoms with Gasteiger partial charge >= 0.3 is 17.9 Å². The Morgan fingerprint density at radius 3 is 2.16 bits per heavy atom. The van der Waals surface area contributed by atoms with Gasteiger partial charge in [0, 0.05) is 40.1 Å². The number of hydrogen-bond acceptors (Lipinski definition) is 10. The summed E-state index contributed by atoms with van der Waals surface area (Å²) < 4.78 is 29.8. The van der Waals surface area contributed by atoms with Crippen LogP contribution in [0.3, 0.4) is 0 Å². The molecule has 37 heavy (non-hydrogen) atoms. The van der Waals surface area contributed by atoms with Crippen molar-refractivity contribution in [1.82, 2.24) is 15.0 Å². The van der Waals surface area contributed by atoms with E-state index in [9.17, 15) is 14.4 Å². The molecule has 1 saturated heterocycles. The highest BCUT2D eigenvalue weighted by Gasteiger charge is 2.50. The van der Waals surface area contributed by atoms with E-state index in [1.165, 1.54) is 40.0 Å². The first-order valence-electron chi connectivity index (χ1n) is 13.4. The summed E-state index contributed by atoms with van der Waals surface area (Å²) in [4.78, 5) is 35.1. The molecule has 1 aliphatic heterocycles. The first-order chi connectivity index (χ1) is 17.7. The quantitative estimate of drug-likeness (QED) is 0.180. The summed E-state index contributed by atoms with van der Waals surface area (Å²) in [6.07, 6.45) is 6.93. The molecule has 11 heteroatoms. The number of rotatable bonds is 16. The predicted octanol–water partition coefficient (Wildman–Crippen LogP) is 3.52. The first kappa shape index (κ1) is 30.7. The number of nitrogens with zero attached hydrogens (tertiary/aromatic N) is 3. The summed E-state index contributed by atoms with van der Waals surface area (Å²) in [6, 6.07) is 0. The van der Waals surface area contributed by atoms with Crippen LogP contribution in [0.15, 0.2) is 6.20 Å². The average Bonchev–Trinajstić information content (AvgIpc) is 3.27. The largest absolute Gasteiger partial charge is 0.456 e. The Hall–Kier alpha value is -2.53. The lowest BCUT2D eigenvalue weighted by molar-refractivity contribution is -0.300. The van der Waals surface area contributed by atoms with Crippen molar-refractivity contribution in [1.29, 1.82) is 0 Å². The van der Waals surface area contributed by atoms with Crippen molar-refractivity contribution in [2.75, 3.05) is 6.61 Å². The van der Waals surface area contributed by atoms with Gasteiger partial charge in [-0.05, 0) is 32.6 Å². The highest BCUT2D eigenvalue weighted by Crippen LogP contribution is 2.29. The summed E-state index contributed by atoms with van der Waals surface area (Å²) in [7, 11) is 0. The fraction of sp³-hybridized carbons (Fsp3) is 0.808. The van der Waals surface area contributed by atoms with E-state index in [0.717, 1.165) is 50.8 Å². The molecular formula is C26H43N3O8. The van der Waals surface area contributed by atoms with Crippen molar-refractivity contribution in [2.45, 2.75) is 130 Å². The second-order valence-electron chi connectivity index (χ2n) is 9.50. The smallest absolute Gasteiger partial charge is 0.303 e. The molecule has 0 N–H and O–H groups in total. The lowest BCUT2D eigenvalue weighted by Crippen LogP contribution is -2.61. The third-order valence-electron chi connectivity index (χ3n) is 6.07. The van der Waals surface area contributed by atoms with Gasteiger partial charge in [0.05, 0.1) is 11.8 Å². The van der Waals surface area contributed by atoms with Crippen LogP contribution in [-0.2, 0) is 51.0 Å². The Bertz CT molecular complexity index is 846. The minimum Gasteiger partial charge on any atom is -0.456 e. The molecule has 0 saturated carbocycles. The van der Waals surface area contributed by atoms with Crippen molar-refractivity contribution in [3.63, 3.8) is 0 Å². The number of esters is 3. The van der Waals surface area contributed by atoms with Gasteiger partial charge in [-0.3, -0.25) is 19.1 Å². The van der Waals surface area contributed by atoms with E-state index in [-0.39, 0.29) is 0 Å². The van der Waals surface area contributed by atoms with Crippen LogP contribution in [0.25, 0.3) is 0 Å². The minimum absolute atomic E-state index is 0.366. The maximum atomic E-state index is 11.8. The van der Waals surface area contributed by atoms with Gasteiger partial charge in [-0.2, -0.15) is 0 Å². The normalized spacial score (nSPS) is 23.4. The molecule has 0 aliphatic carbocycles. The number of carbonyl (C=O) groups excluding carboxylic acids is 3. The lowest BCUT2D eigenvalue weighted by Gasteiger charge is -2.43. The van der Waals surface area contributed by atoms with E-state index in [2.05, 4.69) is 17.2 Å². The van der Waals surface area contributed by atoms with Crippen molar-refractivity contribution >= 4 is 17.9 Å². The summed E-state index contributed by atoms with van der Waals surface area (Å²) in [5, 5.41) is 8.47. The van der Waals surface area contributed by atoms with Crippen LogP contribution in [0.2, 0.25) is 0 Å². The van der Waals surface area contributed by atoms with Gasteiger partial charge in [-0.15, -0.1) is 5.10 Å². The highest BCUT2D eigenvalue weighted by atomic mass is 16.7. The monoisotopic (exact) mass is 525 g/mol. The molecule has 1 fully saturated rings. The van der Waals surface area contributed by atoms with Crippen LogP contribution >= 0.6 is 0 Å². The van der Waals surface area contributed by atoms with Crippen LogP contribution in [0.5, 0.6) is 0 Å². The molecule has 11 nitrogen and oxygen atoms in total. The van der Waals surface area contributed by atoms with Crippen molar-refractivity contribution in [2.24, 2.45) is 0 Å². The molecule has 0 spiro atoms. The fourth-order valence-electron chi connectivity index (χ4n) is 4.33. The first-order valence-corrected chi connectivity index (χ1v) is 13.4. The fourth-order valence-corrected chi connectivity index (χ4v) is 4.33. The van der Waals surface area contributed by atoms with E-state index >= 15 is 0 Å². The van der Waals surface area contributed by atoms with Gasteiger partial charge in [-0.25, -0.2) is 0 Å². The molecule has 0 aromatic carbocycles. The van der Waals surface area contributed by atoms with E-state index in [1.54, 1.807) is 6.92 Å². The van der Waals surface area contributed by atoms with Crippen LogP contribution in [0, 0.1) is 0 Å². The number of hydrogen-bond donors (Lipinski definition) is 0. The Morgan fingerprint density at radius 1 is 0.865 bits per heavy atom. The van der Waals surface area contributed by atoms with E-state index in [1.807, 2.05) is 10.9 Å². The zero-order valence-electron chi connectivity index (χ0n) is 22.8. The molecule has 0 bridgehead atoms. The number of carbonyl (C=O) groups is 3. The van der Waals surface area contributed by atoms with Gasteiger partial charge in [0.15, 0.2) is 24.6 Å². The molecule has 0 unspecified atom stereocenters. The standard InChI is InChI=1S/C26H43N3O8/c1-6-7-8-11-14-22-17-29(28-27-22)15-12-9-10-13-16-33-26-25(37-21(5)32)24(36-20(4)31)23(18(2)34-26)35-19(3)30/h17-18,23-26H,6-16H2,1-5H3/t18-,23-,24+,25+,26+/m0/s1. The molecule has 2 rings (SSSR count). The molecule has 210 valence electrons. The molecular weight excluding hydrogens is 482 g/mol. The summed E-state index contributed by atoms with van der Waals surface area (Å²) >= 11 is 0. The molecule has 2 heterocycles. The van der Waals surface area contributed by atoms with Gasteiger partial charge in [-0.1, -0.05) is 44.2 Å². The molecule has 0 radical (unpaired) electrons. The third-order valence-corrected chi connectivity index (χ3v) is 6.07. The zero-order valence-corrected chi connectivity index (χ0v) is 22.8. The number of unbranched alkanes of at least 4 members (excludes halogenated alkanes) is 6. The Labute approximate surface area is 219 Å². The summed E-state index contributed by atoms with van der Waals surface area (Å²) in [5.41, 5.74) is 1.05. The van der Waals surface area contributed by atoms with Crippen molar-refractivity contribution in [3.8, 4) is 0 Å². The van der Waals surface area contributed by atoms with Crippen LogP contribution in [0.1, 0.15) is 91.7 Å². The predicted molar refractivity (Wildman–Crippen MR) is 133 cm³/mol.